The third kappa shape index (κ3) is 4.30. The van der Waals surface area contributed by atoms with Gasteiger partial charge in [-0.2, -0.15) is 5.26 Å². The lowest BCUT2D eigenvalue weighted by Gasteiger charge is -2.09. The normalized spacial score (nSPS) is 11.9. The Morgan fingerprint density at radius 3 is 2.56 bits per heavy atom. The van der Waals surface area contributed by atoms with Crippen LogP contribution in [0.5, 0.6) is 5.75 Å². The van der Waals surface area contributed by atoms with Gasteiger partial charge in [-0.15, -0.1) is 0 Å². The van der Waals surface area contributed by atoms with E-state index >= 15 is 0 Å². The monoisotopic (exact) mass is 362 g/mol. The maximum atomic E-state index is 12.5. The highest BCUT2D eigenvalue weighted by molar-refractivity contribution is 7.92. The van der Waals surface area contributed by atoms with Crippen LogP contribution in [0.25, 0.3) is 10.9 Å². The molecule has 8 nitrogen and oxygen atoms in total. The zero-order valence-electron chi connectivity index (χ0n) is 14.2. The Labute approximate surface area is 145 Å². The van der Waals surface area contributed by atoms with Crippen LogP contribution in [0.4, 0.5) is 5.69 Å². The van der Waals surface area contributed by atoms with Crippen LogP contribution in [0.3, 0.4) is 0 Å². The fourth-order valence-electron chi connectivity index (χ4n) is 2.27. The molecule has 2 N–H and O–H groups in total. The molecule has 0 saturated carbocycles. The van der Waals surface area contributed by atoms with E-state index in [1.54, 1.807) is 37.2 Å². The second-order valence-corrected chi connectivity index (χ2v) is 7.39. The van der Waals surface area contributed by atoms with Gasteiger partial charge in [0.1, 0.15) is 17.4 Å². The average Bonchev–Trinajstić information content (AvgIpc) is 2.92. The molecule has 0 fully saturated rings. The second-order valence-electron chi connectivity index (χ2n) is 5.64. The predicted molar refractivity (Wildman–Crippen MR) is 95.0 cm³/mol. The summed E-state index contributed by atoms with van der Waals surface area (Å²) in [6.45, 7) is 0. The van der Waals surface area contributed by atoms with E-state index < -0.39 is 15.8 Å². The number of carbonyl (C=O) groups is 1. The number of ether oxygens (including phenoxy) is 1. The molecule has 1 aromatic carbocycles. The Morgan fingerprint density at radius 1 is 1.36 bits per heavy atom. The zero-order valence-corrected chi connectivity index (χ0v) is 15.1. The number of hydrogen-bond donors (Lipinski definition) is 2. The molecule has 132 valence electrons. The first-order chi connectivity index (χ1) is 11.6. The summed E-state index contributed by atoms with van der Waals surface area (Å²) in [6, 6.07) is 6.58. The highest BCUT2D eigenvalue weighted by Crippen LogP contribution is 2.31. The number of carbonyl (C=O) groups excluding carboxylic acids is 1. The molecule has 25 heavy (non-hydrogen) atoms. The van der Waals surface area contributed by atoms with Crippen LogP contribution in [0, 0.1) is 11.3 Å². The maximum Gasteiger partial charge on any atom is 0.229 e. The number of anilines is 1. The van der Waals surface area contributed by atoms with Crippen LogP contribution in [0.1, 0.15) is 10.5 Å². The smallest absolute Gasteiger partial charge is 0.229 e. The molecule has 0 saturated heterocycles. The molecule has 1 aromatic heterocycles. The van der Waals surface area contributed by atoms with E-state index in [0.717, 1.165) is 6.26 Å². The lowest BCUT2D eigenvalue weighted by molar-refractivity contribution is 0.103. The van der Waals surface area contributed by atoms with Gasteiger partial charge in [-0.25, -0.2) is 8.42 Å². The number of nitrogens with one attached hydrogen (secondary N) is 2. The maximum absolute atomic E-state index is 12.5. The molecule has 0 aliphatic carbocycles. The molecular weight excluding hydrogens is 344 g/mol. The fraction of sp³-hybridized carbons (Fsp3) is 0.250. The number of nitriles is 1. The highest BCUT2D eigenvalue weighted by Gasteiger charge is 2.17. The van der Waals surface area contributed by atoms with Crippen molar-refractivity contribution in [1.29, 1.82) is 5.26 Å². The molecule has 0 unspecified atom stereocenters. The molecule has 9 heteroatoms. The van der Waals surface area contributed by atoms with Crippen molar-refractivity contribution in [2.24, 2.45) is 0 Å². The largest absolute Gasteiger partial charge is 0.494 e. The molecule has 2 rings (SSSR count). The van der Waals surface area contributed by atoms with Gasteiger partial charge in [0.15, 0.2) is 0 Å². The molecule has 0 aliphatic heterocycles. The first-order valence-corrected chi connectivity index (χ1v) is 9.05. The standard InChI is InChI=1S/C16H18N4O4S/c1-20(2)9-11(8-17)16(21)14-6-10-5-13(19-25(4,22)23)15(24-3)7-12(10)18-14/h5-7,9,18-19H,1-4H3. The SMILES string of the molecule is COc1cc2[nH]c(C(=O)C(C#N)=CN(C)C)cc2cc1NS(C)(=O)=O. The van der Waals surface area contributed by atoms with Crippen LogP contribution >= 0.6 is 0 Å². The first kappa shape index (κ1) is 18.4. The van der Waals surface area contributed by atoms with Crippen LogP contribution in [0.15, 0.2) is 30.0 Å². The van der Waals surface area contributed by atoms with Crippen molar-refractivity contribution in [3.05, 3.63) is 35.7 Å². The second kappa shape index (κ2) is 6.86. The van der Waals surface area contributed by atoms with Gasteiger partial charge in [0.05, 0.1) is 24.7 Å². The molecular formula is C16H18N4O4S. The van der Waals surface area contributed by atoms with E-state index in [2.05, 4.69) is 9.71 Å². The van der Waals surface area contributed by atoms with E-state index in [-0.39, 0.29) is 17.0 Å². The number of aromatic amines is 1. The molecule has 1 heterocycles. The van der Waals surface area contributed by atoms with Gasteiger partial charge >= 0.3 is 0 Å². The quantitative estimate of drug-likeness (QED) is 0.459. The Hall–Kier alpha value is -2.99. The summed E-state index contributed by atoms with van der Waals surface area (Å²) >= 11 is 0. The number of fused-ring (bicyclic) bond motifs is 1. The number of Topliss-reactive ketones (excluding diaryl/α,β-unsaturated/α-hetero) is 1. The van der Waals surface area contributed by atoms with Crippen LogP contribution in [-0.2, 0) is 10.0 Å². The summed E-state index contributed by atoms with van der Waals surface area (Å²) in [6.07, 6.45) is 2.47. The number of hydrogen-bond acceptors (Lipinski definition) is 6. The average molecular weight is 362 g/mol. The van der Waals surface area contributed by atoms with E-state index in [0.29, 0.717) is 16.7 Å². The fourth-order valence-corrected chi connectivity index (χ4v) is 2.83. The van der Waals surface area contributed by atoms with E-state index in [4.69, 9.17) is 10.00 Å². The topological polar surface area (TPSA) is 115 Å². The van der Waals surface area contributed by atoms with Crippen LogP contribution < -0.4 is 9.46 Å². The van der Waals surface area contributed by atoms with Gasteiger partial charge in [-0.3, -0.25) is 9.52 Å². The minimum absolute atomic E-state index is 0.0157. The van der Waals surface area contributed by atoms with E-state index in [1.165, 1.54) is 13.3 Å². The van der Waals surface area contributed by atoms with Crippen molar-refractivity contribution in [2.75, 3.05) is 32.2 Å². The number of nitrogens with zero attached hydrogens (tertiary/aromatic N) is 2. The molecule has 0 amide bonds. The summed E-state index contributed by atoms with van der Waals surface area (Å²) in [7, 11) is 1.35. The minimum Gasteiger partial charge on any atom is -0.494 e. The lowest BCUT2D eigenvalue weighted by atomic mass is 10.1. The summed E-state index contributed by atoms with van der Waals surface area (Å²) in [5.74, 6) is -0.146. The molecule has 0 atom stereocenters. The number of allylic oxidation sites excluding steroid dienone is 1. The minimum atomic E-state index is -3.48. The highest BCUT2D eigenvalue weighted by atomic mass is 32.2. The van der Waals surface area contributed by atoms with Crippen LogP contribution in [0.2, 0.25) is 0 Å². The Morgan fingerprint density at radius 2 is 2.04 bits per heavy atom. The van der Waals surface area contributed by atoms with Crippen molar-refractivity contribution in [1.82, 2.24) is 9.88 Å². The molecule has 0 bridgehead atoms. The summed E-state index contributed by atoms with van der Waals surface area (Å²) in [5.41, 5.74) is 1.06. The van der Waals surface area contributed by atoms with E-state index in [1.807, 2.05) is 6.07 Å². The number of rotatable bonds is 6. The van der Waals surface area contributed by atoms with Gasteiger partial charge in [0.2, 0.25) is 15.8 Å². The number of ketones is 1. The summed E-state index contributed by atoms with van der Waals surface area (Å²) in [5, 5.41) is 9.77. The van der Waals surface area contributed by atoms with Crippen molar-refractivity contribution in [2.45, 2.75) is 0 Å². The van der Waals surface area contributed by atoms with Gasteiger partial charge in [0, 0.05) is 37.3 Å². The number of methoxy groups -OCH3 is 1. The van der Waals surface area contributed by atoms with Gasteiger partial charge < -0.3 is 14.6 Å². The summed E-state index contributed by atoms with van der Waals surface area (Å²) < 4.78 is 30.5. The Kier molecular flexibility index (Phi) is 5.04. The van der Waals surface area contributed by atoms with Crippen molar-refractivity contribution >= 4 is 32.4 Å². The van der Waals surface area contributed by atoms with Gasteiger partial charge in [-0.05, 0) is 12.1 Å². The third-order valence-corrected chi connectivity index (χ3v) is 3.82. The first-order valence-electron chi connectivity index (χ1n) is 7.16. The number of benzene rings is 1. The molecule has 0 aliphatic rings. The zero-order chi connectivity index (χ0) is 18.8. The van der Waals surface area contributed by atoms with Gasteiger partial charge in [0.25, 0.3) is 0 Å². The van der Waals surface area contributed by atoms with E-state index in [9.17, 15) is 13.2 Å². The molecule has 0 spiro atoms. The van der Waals surface area contributed by atoms with Crippen molar-refractivity contribution < 1.29 is 17.9 Å². The predicted octanol–water partition coefficient (Wildman–Crippen LogP) is 1.70. The third-order valence-electron chi connectivity index (χ3n) is 3.23. The number of aromatic nitrogens is 1. The number of sulfonamides is 1. The molecule has 2 aromatic rings. The van der Waals surface area contributed by atoms with Crippen LogP contribution in [-0.4, -0.2) is 51.5 Å². The Balaban J connectivity index is 2.53. The Bertz CT molecular complexity index is 997. The van der Waals surface area contributed by atoms with Crippen molar-refractivity contribution in [3.8, 4) is 11.8 Å². The van der Waals surface area contributed by atoms with Crippen molar-refractivity contribution in [3.63, 3.8) is 0 Å². The number of H-pyrrole nitrogens is 1. The summed E-state index contributed by atoms with van der Waals surface area (Å²) in [4.78, 5) is 17.0. The lowest BCUT2D eigenvalue weighted by Crippen LogP contribution is -2.10. The molecule has 0 radical (unpaired) electrons. The van der Waals surface area contributed by atoms with Gasteiger partial charge in [-0.1, -0.05) is 0 Å².